The third kappa shape index (κ3) is 19.9. The van der Waals surface area contributed by atoms with Gasteiger partial charge in [-0.3, -0.25) is 33.6 Å². The first-order valence-electron chi connectivity index (χ1n) is 28.0. The fourth-order valence-corrected chi connectivity index (χ4v) is 10.0. The predicted octanol–water partition coefficient (Wildman–Crippen LogP) is 3.69. The number of benzene rings is 6. The van der Waals surface area contributed by atoms with Crippen LogP contribution in [0.15, 0.2) is 155 Å². The van der Waals surface area contributed by atoms with Gasteiger partial charge in [0.1, 0.15) is 47.3 Å². The Kier molecular flexibility index (Phi) is 23.9. The Morgan fingerprint density at radius 3 is 1.58 bits per heavy atom. The number of fused-ring (bicyclic) bond motifs is 2. The molecular formula is C63H63N9O16S2. The van der Waals surface area contributed by atoms with Crippen LogP contribution < -0.4 is 53.3 Å². The molecule has 1 aliphatic carbocycles. The van der Waals surface area contributed by atoms with Gasteiger partial charge in [0.25, 0.3) is 0 Å². The minimum absolute atomic E-state index is 0.00768. The van der Waals surface area contributed by atoms with E-state index in [1.165, 1.54) is 36.4 Å². The Balaban J connectivity index is 0.963. The van der Waals surface area contributed by atoms with Gasteiger partial charge in [0.2, 0.25) is 29.5 Å². The first-order chi connectivity index (χ1) is 43.1. The molecule has 0 saturated carbocycles. The summed E-state index contributed by atoms with van der Waals surface area (Å²) in [6.07, 6.45) is -1.58. The molecule has 0 fully saturated rings. The van der Waals surface area contributed by atoms with E-state index in [9.17, 15) is 68.4 Å². The van der Waals surface area contributed by atoms with Gasteiger partial charge in [-0.05, 0) is 95.9 Å². The molecule has 27 heteroatoms. The Labute approximate surface area is 524 Å². The number of carbonyl (C=O) groups is 9. The van der Waals surface area contributed by atoms with Gasteiger partial charge < -0.3 is 77.8 Å². The lowest BCUT2D eigenvalue weighted by atomic mass is 9.90. The zero-order valence-corrected chi connectivity index (χ0v) is 49.5. The molecule has 0 bridgehead atoms. The van der Waals surface area contributed by atoms with Crippen molar-refractivity contribution in [3.8, 4) is 28.2 Å². The highest BCUT2D eigenvalue weighted by Gasteiger charge is 2.30. The molecule has 0 spiro atoms. The molecule has 7 rings (SSSR count). The summed E-state index contributed by atoms with van der Waals surface area (Å²) in [5.41, 5.74) is 3.09. The van der Waals surface area contributed by atoms with Gasteiger partial charge in [-0.1, -0.05) is 97.1 Å². The summed E-state index contributed by atoms with van der Waals surface area (Å²) < 4.78 is 5.95. The standard InChI is InChI=1S/C63H63N9O16S2/c73-39-17-20-42-50(32-39)88-51-33-40(74)18-21-43(51)55(42)41-19-16-38(31-44(41)59(82)83)67-62(89)72-49(30-37-14-8-3-9-15-37)58(81)69-48(29-36-12-6-2-7-13-36)57(80)66-34-53(76)64-26-27-65-56(79)47(28-35-10-4-1-5-11-35)68-52(75)24-22-45(60(84)85)70-63(90)71-46(61(86)87)23-25-54(77)78/h1-21,31-33,45-49,73H,22-30,34H2,(H,64,76)(H,65,79)(H,66,80)(H,68,75)(H,69,81)(H,77,78)(H,82,83)(H,84,85)(H,86,87)(H2,67,72,89)(H2,70,71,90)/t45-,46-,47-,48-,49-/m0/s1. The van der Waals surface area contributed by atoms with Gasteiger partial charge >= 0.3 is 23.9 Å². The van der Waals surface area contributed by atoms with Crippen LogP contribution in [0.1, 0.15) is 52.7 Å². The average molecular weight is 1270 g/mol. The van der Waals surface area contributed by atoms with Crippen LogP contribution in [-0.4, -0.2) is 139 Å². The molecule has 0 radical (unpaired) electrons. The maximum absolute atomic E-state index is 14.5. The van der Waals surface area contributed by atoms with E-state index in [4.69, 9.17) is 34.0 Å². The normalized spacial score (nSPS) is 12.5. The first-order valence-corrected chi connectivity index (χ1v) is 28.8. The molecule has 468 valence electrons. The van der Waals surface area contributed by atoms with Crippen molar-refractivity contribution in [3.05, 3.63) is 178 Å². The number of anilines is 1. The molecule has 2 aliphatic rings. The molecule has 5 amide bonds. The number of aromatic hydroxyl groups is 1. The van der Waals surface area contributed by atoms with Crippen molar-refractivity contribution in [2.24, 2.45) is 0 Å². The third-order valence-electron chi connectivity index (χ3n) is 13.9. The molecule has 5 atom stereocenters. The van der Waals surface area contributed by atoms with Gasteiger partial charge in [0.15, 0.2) is 15.7 Å². The van der Waals surface area contributed by atoms with E-state index in [2.05, 4.69) is 47.9 Å². The second kappa shape index (κ2) is 32.3. The van der Waals surface area contributed by atoms with Crippen LogP contribution in [0.5, 0.6) is 5.75 Å². The molecule has 5 aromatic rings. The summed E-state index contributed by atoms with van der Waals surface area (Å²) in [6, 6.07) is 32.9. The number of rotatable bonds is 30. The van der Waals surface area contributed by atoms with Crippen LogP contribution in [0.3, 0.4) is 0 Å². The molecular weight excluding hydrogens is 1200 g/mol. The van der Waals surface area contributed by atoms with Gasteiger partial charge in [-0.15, -0.1) is 0 Å². The quantitative estimate of drug-likeness (QED) is 0.0173. The summed E-state index contributed by atoms with van der Waals surface area (Å²) in [7, 11) is 0. The van der Waals surface area contributed by atoms with E-state index >= 15 is 0 Å². The second-order valence-corrected chi connectivity index (χ2v) is 21.3. The van der Waals surface area contributed by atoms with Gasteiger partial charge in [-0.2, -0.15) is 0 Å². The van der Waals surface area contributed by atoms with Crippen molar-refractivity contribution in [2.45, 2.75) is 75.2 Å². The molecule has 0 unspecified atom stereocenters. The highest BCUT2D eigenvalue weighted by Crippen LogP contribution is 2.42. The van der Waals surface area contributed by atoms with Crippen molar-refractivity contribution in [3.63, 3.8) is 0 Å². The topological polar surface area (TPSA) is 393 Å². The zero-order chi connectivity index (χ0) is 64.9. The van der Waals surface area contributed by atoms with Gasteiger partial charge in [-0.25, -0.2) is 14.4 Å². The SMILES string of the molecule is O=C(O)CC[C@H](NC(=S)N[C@@H](CCC(=O)N[C@@H](Cc1ccccc1)C(=O)NCCNC(=O)CNC(=O)[C@H](Cc1ccccc1)NC(=O)[C@H](Cc1ccccc1)NC(=S)Nc1ccc(-c2c3ccc(=O)cc-3oc3cc(O)ccc23)c(C(=O)O)c1)C(=O)O)C(=O)O. The van der Waals surface area contributed by atoms with Crippen molar-refractivity contribution >= 4 is 105 Å². The van der Waals surface area contributed by atoms with Crippen LogP contribution >= 0.6 is 24.4 Å². The molecule has 90 heavy (non-hydrogen) atoms. The van der Waals surface area contributed by atoms with Crippen LogP contribution in [0, 0.1) is 0 Å². The average Bonchev–Trinajstić information content (AvgIpc) is 0.827. The van der Waals surface area contributed by atoms with Gasteiger partial charge in [0, 0.05) is 79.5 Å². The van der Waals surface area contributed by atoms with Crippen LogP contribution in [0.25, 0.3) is 33.4 Å². The van der Waals surface area contributed by atoms with Crippen molar-refractivity contribution < 1.29 is 73.1 Å². The van der Waals surface area contributed by atoms with E-state index in [0.29, 0.717) is 33.2 Å². The first kappa shape index (κ1) is 66.7. The number of aliphatic carboxylic acids is 3. The number of aromatic carboxylic acids is 1. The number of amides is 5. The lowest BCUT2D eigenvalue weighted by Gasteiger charge is -2.25. The Bertz CT molecular complexity index is 3820. The number of hydrogen-bond donors (Lipinski definition) is 14. The number of nitrogens with one attached hydrogen (secondary N) is 9. The van der Waals surface area contributed by atoms with E-state index in [0.717, 1.165) is 0 Å². The lowest BCUT2D eigenvalue weighted by molar-refractivity contribution is -0.141. The highest BCUT2D eigenvalue weighted by molar-refractivity contribution is 7.80. The number of phenolic OH excluding ortho intramolecular Hbond substituents is 1. The van der Waals surface area contributed by atoms with Crippen molar-refractivity contribution in [1.29, 1.82) is 0 Å². The second-order valence-electron chi connectivity index (χ2n) is 20.5. The van der Waals surface area contributed by atoms with Crippen molar-refractivity contribution in [1.82, 2.24) is 42.5 Å². The highest BCUT2D eigenvalue weighted by atomic mass is 32.1. The van der Waals surface area contributed by atoms with E-state index < -0.39 is 108 Å². The fraction of sp³-hybridized carbons (Fsp3) is 0.238. The van der Waals surface area contributed by atoms with E-state index in [-0.39, 0.29) is 89.6 Å². The Hall–Kier alpha value is -10.8. The molecule has 1 aliphatic heterocycles. The maximum Gasteiger partial charge on any atom is 0.336 e. The summed E-state index contributed by atoms with van der Waals surface area (Å²) in [6.45, 7) is -0.820. The van der Waals surface area contributed by atoms with E-state index in [1.54, 1.807) is 109 Å². The van der Waals surface area contributed by atoms with Crippen LogP contribution in [0.4, 0.5) is 5.69 Å². The molecule has 1 heterocycles. The number of hydrogen-bond acceptors (Lipinski definition) is 14. The number of thiocarbonyl (C=S) groups is 2. The van der Waals surface area contributed by atoms with Gasteiger partial charge in [0.05, 0.1) is 12.1 Å². The molecule has 25 nitrogen and oxygen atoms in total. The summed E-state index contributed by atoms with van der Waals surface area (Å²) in [5, 5.41) is 73.0. The predicted molar refractivity (Wildman–Crippen MR) is 337 cm³/mol. The number of phenols is 1. The summed E-state index contributed by atoms with van der Waals surface area (Å²) >= 11 is 10.8. The summed E-state index contributed by atoms with van der Waals surface area (Å²) in [4.78, 5) is 128. The smallest absolute Gasteiger partial charge is 0.336 e. The number of carboxylic acid groups (broad SMARTS) is 4. The van der Waals surface area contributed by atoms with Crippen molar-refractivity contribution in [2.75, 3.05) is 25.0 Å². The number of carbonyl (C=O) groups excluding carboxylic acids is 5. The van der Waals surface area contributed by atoms with Crippen LogP contribution in [-0.2, 0) is 57.6 Å². The largest absolute Gasteiger partial charge is 0.508 e. The monoisotopic (exact) mass is 1270 g/mol. The fourth-order valence-electron chi connectivity index (χ4n) is 9.49. The Morgan fingerprint density at radius 1 is 0.489 bits per heavy atom. The molecule has 5 aromatic carbocycles. The Morgan fingerprint density at radius 2 is 1.01 bits per heavy atom. The third-order valence-corrected chi connectivity index (χ3v) is 14.3. The molecule has 0 aromatic heterocycles. The summed E-state index contributed by atoms with van der Waals surface area (Å²) in [5.74, 6) is -8.77. The minimum atomic E-state index is -1.49. The van der Waals surface area contributed by atoms with Crippen LogP contribution in [0.2, 0.25) is 0 Å². The van der Waals surface area contributed by atoms with E-state index in [1.807, 2.05) is 0 Å². The zero-order valence-electron chi connectivity index (χ0n) is 47.9. The molecule has 0 saturated heterocycles. The lowest BCUT2D eigenvalue weighted by Crippen LogP contribution is -2.56. The molecule has 14 N–H and O–H groups in total. The number of carboxylic acids is 4. The maximum atomic E-state index is 14.5. The minimum Gasteiger partial charge on any atom is -0.508 e.